The molecule has 0 fully saturated rings. The number of benzene rings is 2. The van der Waals surface area contributed by atoms with Gasteiger partial charge in [0, 0.05) is 11.6 Å². The summed E-state index contributed by atoms with van der Waals surface area (Å²) in [4.78, 5) is 0. The van der Waals surface area contributed by atoms with Gasteiger partial charge in [-0.3, -0.25) is 0 Å². The Balaban J connectivity index is 2.32. The molecule has 5 heteroatoms. The number of para-hydroxylation sites is 1. The highest BCUT2D eigenvalue weighted by Crippen LogP contribution is 2.31. The molecule has 0 spiro atoms. The summed E-state index contributed by atoms with van der Waals surface area (Å²) in [6.07, 6.45) is 0.645. The second kappa shape index (κ2) is 6.22. The monoisotopic (exact) mass is 341 g/mol. The van der Waals surface area contributed by atoms with Crippen LogP contribution in [-0.4, -0.2) is 5.11 Å². The van der Waals surface area contributed by atoms with Crippen LogP contribution in [0.3, 0.4) is 0 Å². The molecule has 106 valence electrons. The van der Waals surface area contributed by atoms with E-state index in [4.69, 9.17) is 0 Å². The summed E-state index contributed by atoms with van der Waals surface area (Å²) in [7, 11) is 0. The molecular formula is C15H14BrF2NO. The highest BCUT2D eigenvalue weighted by Gasteiger charge is 2.16. The number of hydrogen-bond donors (Lipinski definition) is 2. The smallest absolute Gasteiger partial charge is 0.149 e. The van der Waals surface area contributed by atoms with Gasteiger partial charge in [-0.25, -0.2) is 8.78 Å². The SMILES string of the molecule is CCC(Nc1cc(Br)c(F)cc1F)c1ccccc1O. The molecule has 2 nitrogen and oxygen atoms in total. The van der Waals surface area contributed by atoms with E-state index in [1.165, 1.54) is 6.07 Å². The van der Waals surface area contributed by atoms with E-state index >= 15 is 0 Å². The van der Waals surface area contributed by atoms with Crippen molar-refractivity contribution >= 4 is 21.6 Å². The molecule has 0 aliphatic rings. The first kappa shape index (κ1) is 14.8. The van der Waals surface area contributed by atoms with Crippen LogP contribution in [-0.2, 0) is 0 Å². The first-order valence-electron chi connectivity index (χ1n) is 6.22. The normalized spacial score (nSPS) is 12.2. The molecule has 0 saturated heterocycles. The van der Waals surface area contributed by atoms with Gasteiger partial charge in [-0.05, 0) is 34.5 Å². The van der Waals surface area contributed by atoms with Crippen LogP contribution in [0.25, 0.3) is 0 Å². The van der Waals surface area contributed by atoms with Crippen molar-refractivity contribution in [2.24, 2.45) is 0 Å². The minimum atomic E-state index is -0.667. The van der Waals surface area contributed by atoms with E-state index in [0.717, 1.165) is 6.07 Å². The van der Waals surface area contributed by atoms with E-state index in [1.807, 2.05) is 6.92 Å². The number of halogens is 3. The van der Waals surface area contributed by atoms with Gasteiger partial charge in [-0.2, -0.15) is 0 Å². The van der Waals surface area contributed by atoms with Crippen LogP contribution in [0.4, 0.5) is 14.5 Å². The van der Waals surface area contributed by atoms with Gasteiger partial charge in [-0.15, -0.1) is 0 Å². The Hall–Kier alpha value is -1.62. The zero-order valence-corrected chi connectivity index (χ0v) is 12.4. The van der Waals surface area contributed by atoms with Crippen molar-refractivity contribution in [2.75, 3.05) is 5.32 Å². The number of phenols is 1. The van der Waals surface area contributed by atoms with Crippen LogP contribution >= 0.6 is 15.9 Å². The number of hydrogen-bond acceptors (Lipinski definition) is 2. The number of phenolic OH excluding ortho intramolecular Hbond substituents is 1. The molecule has 0 heterocycles. The van der Waals surface area contributed by atoms with Crippen LogP contribution in [0.2, 0.25) is 0 Å². The summed E-state index contributed by atoms with van der Waals surface area (Å²) in [5.41, 5.74) is 0.864. The minimum Gasteiger partial charge on any atom is -0.508 e. The van der Waals surface area contributed by atoms with Crippen LogP contribution in [0.15, 0.2) is 40.9 Å². The van der Waals surface area contributed by atoms with E-state index in [9.17, 15) is 13.9 Å². The summed E-state index contributed by atoms with van der Waals surface area (Å²) < 4.78 is 27.2. The van der Waals surface area contributed by atoms with E-state index in [2.05, 4.69) is 21.2 Å². The summed E-state index contributed by atoms with van der Waals surface area (Å²) in [6.45, 7) is 1.92. The predicted octanol–water partition coefficient (Wildman–Crippen LogP) is 5.00. The first-order valence-corrected chi connectivity index (χ1v) is 7.01. The molecule has 0 aromatic heterocycles. The van der Waals surface area contributed by atoms with Crippen LogP contribution in [0.1, 0.15) is 24.9 Å². The molecule has 2 aromatic carbocycles. The molecule has 2 aromatic rings. The molecular weight excluding hydrogens is 328 g/mol. The van der Waals surface area contributed by atoms with Crippen molar-refractivity contribution in [3.05, 3.63) is 58.1 Å². The third-order valence-corrected chi connectivity index (χ3v) is 3.67. The Morgan fingerprint density at radius 3 is 2.55 bits per heavy atom. The molecule has 1 atom stereocenters. The maximum atomic E-state index is 13.8. The zero-order valence-electron chi connectivity index (χ0n) is 10.8. The van der Waals surface area contributed by atoms with Crippen molar-refractivity contribution < 1.29 is 13.9 Å². The number of rotatable bonds is 4. The standard InChI is InChI=1S/C15H14BrF2NO/c1-2-13(9-5-3-4-6-15(9)20)19-14-7-10(16)11(17)8-12(14)18/h3-8,13,19-20H,2H2,1H3. The van der Waals surface area contributed by atoms with Crippen molar-refractivity contribution in [3.63, 3.8) is 0 Å². The van der Waals surface area contributed by atoms with E-state index in [1.54, 1.807) is 24.3 Å². The Bertz CT molecular complexity index is 619. The summed E-state index contributed by atoms with van der Waals surface area (Å²) in [6, 6.07) is 8.79. The maximum absolute atomic E-state index is 13.8. The fourth-order valence-electron chi connectivity index (χ4n) is 2.00. The lowest BCUT2D eigenvalue weighted by molar-refractivity contribution is 0.462. The Morgan fingerprint density at radius 1 is 1.20 bits per heavy atom. The number of nitrogens with one attached hydrogen (secondary N) is 1. The molecule has 2 N–H and O–H groups in total. The summed E-state index contributed by atoms with van der Waals surface area (Å²) in [5.74, 6) is -1.17. The maximum Gasteiger partial charge on any atom is 0.149 e. The van der Waals surface area contributed by atoms with Gasteiger partial charge < -0.3 is 10.4 Å². The van der Waals surface area contributed by atoms with Crippen LogP contribution in [0.5, 0.6) is 5.75 Å². The second-order valence-corrected chi connectivity index (χ2v) is 5.26. The quantitative estimate of drug-likeness (QED) is 0.767. The van der Waals surface area contributed by atoms with Crippen molar-refractivity contribution in [3.8, 4) is 5.75 Å². The van der Waals surface area contributed by atoms with E-state index in [-0.39, 0.29) is 22.0 Å². The van der Waals surface area contributed by atoms with Gasteiger partial charge in [0.15, 0.2) is 0 Å². The lowest BCUT2D eigenvalue weighted by Crippen LogP contribution is -2.11. The lowest BCUT2D eigenvalue weighted by Gasteiger charge is -2.20. The Labute approximate surface area is 124 Å². The fourth-order valence-corrected chi connectivity index (χ4v) is 2.35. The first-order chi connectivity index (χ1) is 9.52. The summed E-state index contributed by atoms with van der Waals surface area (Å²) >= 11 is 3.03. The second-order valence-electron chi connectivity index (χ2n) is 4.41. The highest BCUT2D eigenvalue weighted by atomic mass is 79.9. The Kier molecular flexibility index (Phi) is 4.60. The Morgan fingerprint density at radius 2 is 1.90 bits per heavy atom. The van der Waals surface area contributed by atoms with Crippen molar-refractivity contribution in [2.45, 2.75) is 19.4 Å². The van der Waals surface area contributed by atoms with Gasteiger partial charge in [0.1, 0.15) is 17.4 Å². The zero-order chi connectivity index (χ0) is 14.7. The average Bonchev–Trinajstić information content (AvgIpc) is 2.42. The molecule has 20 heavy (non-hydrogen) atoms. The van der Waals surface area contributed by atoms with Gasteiger partial charge >= 0.3 is 0 Å². The predicted molar refractivity (Wildman–Crippen MR) is 78.8 cm³/mol. The number of aromatic hydroxyl groups is 1. The molecule has 2 rings (SSSR count). The number of anilines is 1. The van der Waals surface area contributed by atoms with E-state index < -0.39 is 11.6 Å². The van der Waals surface area contributed by atoms with Gasteiger partial charge in [0.25, 0.3) is 0 Å². The summed E-state index contributed by atoms with van der Waals surface area (Å²) in [5, 5.41) is 12.8. The molecule has 0 radical (unpaired) electrons. The molecule has 0 bridgehead atoms. The molecule has 0 saturated carbocycles. The van der Waals surface area contributed by atoms with Crippen molar-refractivity contribution in [1.29, 1.82) is 0 Å². The largest absolute Gasteiger partial charge is 0.508 e. The van der Waals surface area contributed by atoms with Crippen LogP contribution in [0, 0.1) is 11.6 Å². The lowest BCUT2D eigenvalue weighted by atomic mass is 10.0. The van der Waals surface area contributed by atoms with Gasteiger partial charge in [0.2, 0.25) is 0 Å². The third-order valence-electron chi connectivity index (χ3n) is 3.06. The van der Waals surface area contributed by atoms with E-state index in [0.29, 0.717) is 12.0 Å². The van der Waals surface area contributed by atoms with Crippen LogP contribution < -0.4 is 5.32 Å². The van der Waals surface area contributed by atoms with Gasteiger partial charge in [-0.1, -0.05) is 25.1 Å². The average molecular weight is 342 g/mol. The third kappa shape index (κ3) is 3.10. The fraction of sp³-hybridized carbons (Fsp3) is 0.200. The van der Waals surface area contributed by atoms with Gasteiger partial charge in [0.05, 0.1) is 16.2 Å². The molecule has 0 amide bonds. The van der Waals surface area contributed by atoms with Crippen molar-refractivity contribution in [1.82, 2.24) is 0 Å². The highest BCUT2D eigenvalue weighted by molar-refractivity contribution is 9.10. The molecule has 0 aliphatic carbocycles. The minimum absolute atomic E-state index is 0.147. The topological polar surface area (TPSA) is 32.3 Å². The molecule has 0 aliphatic heterocycles. The molecule has 1 unspecified atom stereocenters.